The second kappa shape index (κ2) is 14.5. The Morgan fingerprint density at radius 1 is 0.925 bits per heavy atom. The number of rotatable bonds is 13. The summed E-state index contributed by atoms with van der Waals surface area (Å²) in [5.41, 5.74) is 1.57. The molecule has 0 aliphatic heterocycles. The lowest BCUT2D eigenvalue weighted by Crippen LogP contribution is -2.52. The fraction of sp³-hybridized carbons (Fsp3) is 0.333. The van der Waals surface area contributed by atoms with Gasteiger partial charge in [-0.05, 0) is 67.3 Å². The van der Waals surface area contributed by atoms with Crippen LogP contribution >= 0.6 is 23.2 Å². The van der Waals surface area contributed by atoms with Gasteiger partial charge >= 0.3 is 0 Å². The molecule has 3 aromatic carbocycles. The van der Waals surface area contributed by atoms with Crippen LogP contribution in [0.15, 0.2) is 77.7 Å². The number of hydrogen-bond donors (Lipinski definition) is 1. The van der Waals surface area contributed by atoms with Crippen LogP contribution in [0.5, 0.6) is 0 Å². The molecule has 1 N–H and O–H groups in total. The summed E-state index contributed by atoms with van der Waals surface area (Å²) in [6.07, 6.45) is 2.07. The van der Waals surface area contributed by atoms with Crippen molar-refractivity contribution in [3.05, 3.63) is 94.0 Å². The quantitative estimate of drug-likeness (QED) is 0.235. The van der Waals surface area contributed by atoms with E-state index in [0.29, 0.717) is 28.6 Å². The summed E-state index contributed by atoms with van der Waals surface area (Å²) in [4.78, 5) is 28.8. The number of hydrogen-bond acceptors (Lipinski definition) is 4. The molecular formula is C30H35Cl2N3O4S. The fourth-order valence-corrected chi connectivity index (χ4v) is 6.10. The van der Waals surface area contributed by atoms with Crippen molar-refractivity contribution in [3.63, 3.8) is 0 Å². The maximum atomic E-state index is 14.1. The molecule has 0 radical (unpaired) electrons. The Bertz CT molecular complexity index is 1400. The van der Waals surface area contributed by atoms with Gasteiger partial charge in [0.2, 0.25) is 11.8 Å². The molecule has 0 saturated heterocycles. The molecule has 10 heteroatoms. The first-order valence-electron chi connectivity index (χ1n) is 13.2. The SMILES string of the molecule is CCCCNC(=O)[C@H](CC)N(Cc1ccc(Cl)cc1)C(=O)CN(c1cccc(Cl)c1C)S(=O)(=O)c1ccccc1. The van der Waals surface area contributed by atoms with Gasteiger partial charge in [-0.25, -0.2) is 8.42 Å². The number of nitrogens with zero attached hydrogens (tertiary/aromatic N) is 2. The van der Waals surface area contributed by atoms with Gasteiger partial charge in [-0.15, -0.1) is 0 Å². The molecule has 0 aromatic heterocycles. The topological polar surface area (TPSA) is 86.8 Å². The Morgan fingerprint density at radius 3 is 2.23 bits per heavy atom. The minimum absolute atomic E-state index is 0.0378. The molecule has 0 spiro atoms. The monoisotopic (exact) mass is 603 g/mol. The maximum Gasteiger partial charge on any atom is 0.264 e. The summed E-state index contributed by atoms with van der Waals surface area (Å²) < 4.78 is 28.9. The number of unbranched alkanes of at least 4 members (excludes halogenated alkanes) is 1. The van der Waals surface area contributed by atoms with Crippen molar-refractivity contribution < 1.29 is 18.0 Å². The van der Waals surface area contributed by atoms with Crippen LogP contribution in [-0.2, 0) is 26.2 Å². The molecular weight excluding hydrogens is 569 g/mol. The van der Waals surface area contributed by atoms with Crippen LogP contribution in [0.2, 0.25) is 10.0 Å². The van der Waals surface area contributed by atoms with Gasteiger partial charge in [0.25, 0.3) is 10.0 Å². The van der Waals surface area contributed by atoms with Gasteiger partial charge in [-0.2, -0.15) is 0 Å². The number of amides is 2. The molecule has 3 rings (SSSR count). The van der Waals surface area contributed by atoms with E-state index >= 15 is 0 Å². The first kappa shape index (κ1) is 31.5. The van der Waals surface area contributed by atoms with Crippen molar-refractivity contribution in [1.82, 2.24) is 10.2 Å². The second-order valence-corrected chi connectivity index (χ2v) is 12.1. The van der Waals surface area contributed by atoms with Gasteiger partial charge in [0.05, 0.1) is 10.6 Å². The van der Waals surface area contributed by atoms with Gasteiger partial charge in [0.15, 0.2) is 0 Å². The van der Waals surface area contributed by atoms with Gasteiger partial charge in [0, 0.05) is 23.1 Å². The zero-order valence-electron chi connectivity index (χ0n) is 22.9. The average Bonchev–Trinajstić information content (AvgIpc) is 2.95. The van der Waals surface area contributed by atoms with E-state index < -0.39 is 28.5 Å². The molecule has 3 aromatic rings. The minimum Gasteiger partial charge on any atom is -0.354 e. The highest BCUT2D eigenvalue weighted by Crippen LogP contribution is 2.31. The predicted molar refractivity (Wildman–Crippen MR) is 161 cm³/mol. The lowest BCUT2D eigenvalue weighted by Gasteiger charge is -2.33. The number of nitrogens with one attached hydrogen (secondary N) is 1. The second-order valence-electron chi connectivity index (χ2n) is 9.43. The van der Waals surface area contributed by atoms with E-state index in [2.05, 4.69) is 5.32 Å². The molecule has 0 heterocycles. The summed E-state index contributed by atoms with van der Waals surface area (Å²) in [6, 6.07) is 19.0. The molecule has 1 atom stereocenters. The first-order valence-corrected chi connectivity index (χ1v) is 15.4. The van der Waals surface area contributed by atoms with Crippen LogP contribution < -0.4 is 9.62 Å². The van der Waals surface area contributed by atoms with Crippen LogP contribution in [0.3, 0.4) is 0 Å². The Kier molecular flexibility index (Phi) is 11.4. The van der Waals surface area contributed by atoms with Crippen LogP contribution in [-0.4, -0.2) is 44.3 Å². The normalized spacial score (nSPS) is 12.0. The highest BCUT2D eigenvalue weighted by molar-refractivity contribution is 7.92. The third kappa shape index (κ3) is 7.77. The van der Waals surface area contributed by atoms with Gasteiger partial charge in [-0.3, -0.25) is 13.9 Å². The first-order chi connectivity index (χ1) is 19.1. The van der Waals surface area contributed by atoms with E-state index in [1.807, 2.05) is 13.8 Å². The Morgan fingerprint density at radius 2 is 1.60 bits per heavy atom. The van der Waals surface area contributed by atoms with Crippen LogP contribution in [0.1, 0.15) is 44.2 Å². The Labute approximate surface area is 247 Å². The molecule has 7 nitrogen and oxygen atoms in total. The minimum atomic E-state index is -4.16. The van der Waals surface area contributed by atoms with Crippen LogP contribution in [0, 0.1) is 6.92 Å². The lowest BCUT2D eigenvalue weighted by molar-refractivity contribution is -0.140. The summed E-state index contributed by atoms with van der Waals surface area (Å²) in [7, 11) is -4.16. The highest BCUT2D eigenvalue weighted by Gasteiger charge is 2.34. The number of halogens is 2. The van der Waals surface area contributed by atoms with E-state index in [9.17, 15) is 18.0 Å². The standard InChI is InChI=1S/C30H35Cl2N3O4S/c1-4-6-19-33-30(37)27(5-2)34(20-23-15-17-24(31)18-16-23)29(36)21-35(28-14-10-13-26(32)22(28)3)40(38,39)25-11-8-7-9-12-25/h7-18,27H,4-6,19-21H2,1-3H3,(H,33,37)/t27-/m0/s1. The molecule has 2 amide bonds. The van der Waals surface area contributed by atoms with Crippen LogP contribution in [0.4, 0.5) is 5.69 Å². The fourth-order valence-electron chi connectivity index (χ4n) is 4.31. The number of benzene rings is 3. The van der Waals surface area contributed by atoms with Crippen molar-refractivity contribution in [2.24, 2.45) is 0 Å². The molecule has 0 saturated carbocycles. The van der Waals surface area contributed by atoms with Gasteiger partial charge in [-0.1, -0.05) is 79.9 Å². The summed E-state index contributed by atoms with van der Waals surface area (Å²) >= 11 is 12.4. The molecule has 0 bridgehead atoms. The average molecular weight is 605 g/mol. The number of sulfonamides is 1. The Hall–Kier alpha value is -3.07. The van der Waals surface area contributed by atoms with Gasteiger partial charge < -0.3 is 10.2 Å². The number of anilines is 1. The molecule has 0 fully saturated rings. The summed E-state index contributed by atoms with van der Waals surface area (Å²) in [5, 5.41) is 3.84. The Balaban J connectivity index is 2.06. The molecule has 0 aliphatic carbocycles. The van der Waals surface area contributed by atoms with Crippen molar-refractivity contribution in [1.29, 1.82) is 0 Å². The molecule has 0 aliphatic rings. The number of carbonyl (C=O) groups is 2. The lowest BCUT2D eigenvalue weighted by atomic mass is 10.1. The smallest absolute Gasteiger partial charge is 0.264 e. The van der Waals surface area contributed by atoms with Gasteiger partial charge in [0.1, 0.15) is 12.6 Å². The zero-order chi connectivity index (χ0) is 29.3. The van der Waals surface area contributed by atoms with E-state index in [1.54, 1.807) is 67.6 Å². The van der Waals surface area contributed by atoms with Crippen molar-refractivity contribution in [2.75, 3.05) is 17.4 Å². The van der Waals surface area contributed by atoms with E-state index in [1.165, 1.54) is 17.0 Å². The zero-order valence-corrected chi connectivity index (χ0v) is 25.3. The highest BCUT2D eigenvalue weighted by atomic mass is 35.5. The third-order valence-electron chi connectivity index (χ3n) is 6.60. The van der Waals surface area contributed by atoms with E-state index in [4.69, 9.17) is 23.2 Å². The predicted octanol–water partition coefficient (Wildman–Crippen LogP) is 6.22. The van der Waals surface area contributed by atoms with E-state index in [0.717, 1.165) is 22.7 Å². The van der Waals surface area contributed by atoms with Crippen LogP contribution in [0.25, 0.3) is 0 Å². The van der Waals surface area contributed by atoms with E-state index in [-0.39, 0.29) is 23.0 Å². The largest absolute Gasteiger partial charge is 0.354 e. The van der Waals surface area contributed by atoms with Crippen molar-refractivity contribution in [2.45, 2.75) is 57.5 Å². The molecule has 40 heavy (non-hydrogen) atoms. The summed E-state index contributed by atoms with van der Waals surface area (Å²) in [6.45, 7) is 5.63. The summed E-state index contributed by atoms with van der Waals surface area (Å²) in [5.74, 6) is -0.805. The van der Waals surface area contributed by atoms with Crippen molar-refractivity contribution >= 4 is 50.7 Å². The van der Waals surface area contributed by atoms with Crippen molar-refractivity contribution in [3.8, 4) is 0 Å². The maximum absolute atomic E-state index is 14.1. The third-order valence-corrected chi connectivity index (χ3v) is 9.03. The molecule has 0 unspecified atom stereocenters. The molecule has 214 valence electrons. The number of carbonyl (C=O) groups excluding carboxylic acids is 2.